The number of nitrogens with one attached hydrogen (secondary N) is 2. The lowest BCUT2D eigenvalue weighted by atomic mass is 9.96. The number of nitriles is 1. The number of hydrogen-bond acceptors (Lipinski definition) is 6. The maximum atomic E-state index is 14.6. The largest absolute Gasteiger partial charge is 0.407 e. The van der Waals surface area contributed by atoms with Crippen molar-refractivity contribution in [2.24, 2.45) is 0 Å². The van der Waals surface area contributed by atoms with Crippen molar-refractivity contribution in [2.45, 2.75) is 61.6 Å². The van der Waals surface area contributed by atoms with Gasteiger partial charge in [-0.1, -0.05) is 42.5 Å². The fourth-order valence-corrected chi connectivity index (χ4v) is 4.84. The Bertz CT molecular complexity index is 1470. The molecular formula is C29H30F4N4O3S. The highest BCUT2D eigenvalue weighted by atomic mass is 32.2. The lowest BCUT2D eigenvalue weighted by molar-refractivity contribution is -0.161. The summed E-state index contributed by atoms with van der Waals surface area (Å²) in [4.78, 5) is 17.1. The van der Waals surface area contributed by atoms with E-state index in [0.717, 1.165) is 20.1 Å². The zero-order valence-corrected chi connectivity index (χ0v) is 23.4. The third-order valence-electron chi connectivity index (χ3n) is 6.20. The van der Waals surface area contributed by atoms with Gasteiger partial charge in [0.1, 0.15) is 17.8 Å². The van der Waals surface area contributed by atoms with E-state index in [1.165, 1.54) is 48.8 Å². The highest BCUT2D eigenvalue weighted by molar-refractivity contribution is 7.90. The van der Waals surface area contributed by atoms with Gasteiger partial charge >= 0.3 is 6.18 Å². The Morgan fingerprint density at radius 1 is 1.00 bits per heavy atom. The van der Waals surface area contributed by atoms with Gasteiger partial charge in [-0.2, -0.15) is 18.4 Å². The molecule has 0 bridgehead atoms. The second-order valence-corrected chi connectivity index (χ2v) is 12.3. The Hall–Kier alpha value is -3.82. The number of nitrogens with zero attached hydrogens (tertiary/aromatic N) is 2. The number of aromatic nitrogens is 1. The molecule has 12 heteroatoms. The zero-order valence-electron chi connectivity index (χ0n) is 22.6. The van der Waals surface area contributed by atoms with Gasteiger partial charge in [0.2, 0.25) is 5.91 Å². The lowest BCUT2D eigenvalue weighted by Crippen LogP contribution is -2.53. The van der Waals surface area contributed by atoms with E-state index in [1.54, 1.807) is 24.3 Å². The van der Waals surface area contributed by atoms with Crippen LogP contribution in [0.5, 0.6) is 0 Å². The summed E-state index contributed by atoms with van der Waals surface area (Å²) in [5, 5.41) is 14.2. The summed E-state index contributed by atoms with van der Waals surface area (Å²) in [7, 11) is -3.41. The number of carbonyl (C=O) groups excluding carboxylic acids is 1. The second-order valence-electron chi connectivity index (χ2n) is 10.3. The van der Waals surface area contributed by atoms with Crippen molar-refractivity contribution in [3.05, 3.63) is 84.2 Å². The number of alkyl halides is 4. The first-order valence-corrected chi connectivity index (χ1v) is 14.5. The molecule has 3 aromatic rings. The van der Waals surface area contributed by atoms with Crippen molar-refractivity contribution in [1.29, 1.82) is 5.26 Å². The number of pyridine rings is 1. The van der Waals surface area contributed by atoms with E-state index < -0.39 is 52.1 Å². The first kappa shape index (κ1) is 31.7. The first-order chi connectivity index (χ1) is 19.1. The summed E-state index contributed by atoms with van der Waals surface area (Å²) in [6, 6.07) is 11.5. The monoisotopic (exact) mass is 590 g/mol. The van der Waals surface area contributed by atoms with Crippen molar-refractivity contribution in [3.8, 4) is 17.2 Å². The summed E-state index contributed by atoms with van der Waals surface area (Å²) in [6.45, 7) is 2.30. The number of sulfone groups is 1. The topological polar surface area (TPSA) is 112 Å². The van der Waals surface area contributed by atoms with Crippen molar-refractivity contribution < 1.29 is 30.8 Å². The average molecular weight is 591 g/mol. The molecule has 0 aliphatic rings. The number of halogens is 4. The lowest BCUT2D eigenvalue weighted by Gasteiger charge is -2.30. The molecule has 0 saturated heterocycles. The minimum atomic E-state index is -4.85. The summed E-state index contributed by atoms with van der Waals surface area (Å²) >= 11 is 0. The summed E-state index contributed by atoms with van der Waals surface area (Å²) < 4.78 is 80.8. The van der Waals surface area contributed by atoms with Crippen molar-refractivity contribution in [3.63, 3.8) is 0 Å². The average Bonchev–Trinajstić information content (AvgIpc) is 2.89. The van der Waals surface area contributed by atoms with Crippen LogP contribution in [0.3, 0.4) is 0 Å². The Labute approximate surface area is 236 Å². The number of benzene rings is 2. The van der Waals surface area contributed by atoms with E-state index in [4.69, 9.17) is 0 Å². The number of carbonyl (C=O) groups is 1. The molecule has 218 valence electrons. The van der Waals surface area contributed by atoms with Crippen LogP contribution in [0.2, 0.25) is 0 Å². The van der Waals surface area contributed by atoms with Gasteiger partial charge < -0.3 is 5.32 Å². The van der Waals surface area contributed by atoms with Crippen LogP contribution in [0.1, 0.15) is 37.4 Å². The van der Waals surface area contributed by atoms with E-state index in [-0.39, 0.29) is 16.9 Å². The Balaban J connectivity index is 1.85. The number of hydrogen-bond donors (Lipinski definition) is 2. The fraction of sp³-hybridized carbons (Fsp3) is 0.345. The van der Waals surface area contributed by atoms with Gasteiger partial charge in [0.25, 0.3) is 0 Å². The maximum absolute atomic E-state index is 14.6. The SMILES string of the molecule is CC(C)(F)C[C@H](N[C@@H](c1ccc(-c2ccc(S(C)(=O)=O)cc2)cc1)C(F)(F)F)C(=O)N[C@H](C#N)Cc1cccnc1. The molecule has 0 spiro atoms. The second kappa shape index (κ2) is 12.8. The summed E-state index contributed by atoms with van der Waals surface area (Å²) in [5.41, 5.74) is -0.447. The number of amides is 1. The van der Waals surface area contributed by atoms with Gasteiger partial charge in [-0.15, -0.1) is 0 Å². The predicted octanol–water partition coefficient (Wildman–Crippen LogP) is 5.10. The van der Waals surface area contributed by atoms with E-state index in [1.807, 2.05) is 6.07 Å². The summed E-state index contributed by atoms with van der Waals surface area (Å²) in [6.07, 6.45) is -1.26. The molecule has 0 saturated carbocycles. The quantitative estimate of drug-likeness (QED) is 0.301. The third kappa shape index (κ3) is 9.37. The van der Waals surface area contributed by atoms with Crippen LogP contribution >= 0.6 is 0 Å². The highest BCUT2D eigenvalue weighted by Crippen LogP contribution is 2.35. The summed E-state index contributed by atoms with van der Waals surface area (Å²) in [5.74, 6) is -0.942. The molecule has 0 aliphatic carbocycles. The van der Waals surface area contributed by atoms with Crippen LogP contribution < -0.4 is 10.6 Å². The minimum Gasteiger partial charge on any atom is -0.339 e. The molecule has 0 fully saturated rings. The molecule has 1 amide bonds. The van der Waals surface area contributed by atoms with Crippen LogP contribution in [-0.2, 0) is 21.1 Å². The van der Waals surface area contributed by atoms with E-state index in [9.17, 15) is 36.0 Å². The minimum absolute atomic E-state index is 0.0666. The molecular weight excluding hydrogens is 560 g/mol. The molecule has 0 unspecified atom stereocenters. The van der Waals surface area contributed by atoms with Gasteiger partial charge in [0.15, 0.2) is 9.84 Å². The molecule has 1 heterocycles. The maximum Gasteiger partial charge on any atom is 0.407 e. The Morgan fingerprint density at radius 3 is 2.05 bits per heavy atom. The molecule has 0 radical (unpaired) electrons. The Morgan fingerprint density at radius 2 is 1.59 bits per heavy atom. The van der Waals surface area contributed by atoms with E-state index in [0.29, 0.717) is 16.7 Å². The molecule has 3 atom stereocenters. The van der Waals surface area contributed by atoms with Crippen LogP contribution in [0, 0.1) is 11.3 Å². The van der Waals surface area contributed by atoms with Crippen LogP contribution in [-0.4, -0.2) is 49.5 Å². The number of rotatable bonds is 11. The van der Waals surface area contributed by atoms with Crippen molar-refractivity contribution in [2.75, 3.05) is 6.26 Å². The Kier molecular flexibility index (Phi) is 9.89. The fourth-order valence-electron chi connectivity index (χ4n) is 4.21. The van der Waals surface area contributed by atoms with Gasteiger partial charge in [-0.05, 0) is 54.3 Å². The highest BCUT2D eigenvalue weighted by Gasteiger charge is 2.44. The van der Waals surface area contributed by atoms with Crippen molar-refractivity contribution in [1.82, 2.24) is 15.6 Å². The molecule has 2 aromatic carbocycles. The van der Waals surface area contributed by atoms with E-state index in [2.05, 4.69) is 15.6 Å². The molecule has 0 aliphatic heterocycles. The van der Waals surface area contributed by atoms with Crippen LogP contribution in [0.25, 0.3) is 11.1 Å². The predicted molar refractivity (Wildman–Crippen MR) is 146 cm³/mol. The van der Waals surface area contributed by atoms with Gasteiger partial charge in [-0.3, -0.25) is 15.1 Å². The first-order valence-electron chi connectivity index (χ1n) is 12.6. The van der Waals surface area contributed by atoms with Crippen molar-refractivity contribution >= 4 is 15.7 Å². The molecule has 3 rings (SSSR count). The van der Waals surface area contributed by atoms with Gasteiger partial charge in [-0.25, -0.2) is 12.8 Å². The van der Waals surface area contributed by atoms with E-state index >= 15 is 0 Å². The molecule has 1 aromatic heterocycles. The zero-order chi connectivity index (χ0) is 30.4. The van der Waals surface area contributed by atoms with Gasteiger partial charge in [0, 0.05) is 31.5 Å². The van der Waals surface area contributed by atoms with Crippen LogP contribution in [0.15, 0.2) is 78.0 Å². The van der Waals surface area contributed by atoms with Crippen LogP contribution in [0.4, 0.5) is 17.6 Å². The standard InChI is InChI=1S/C29H30F4N4O3S/c1-28(2,30)16-25(27(38)36-23(17-34)15-19-5-4-14-35-18-19)37-26(29(31,32)33)22-8-6-20(7-9-22)21-10-12-24(13-11-21)41(3,39)40/h4-14,18,23,25-26,37H,15-16H2,1-3H3,(H,36,38)/t23-,25-,26-/m0/s1. The smallest absolute Gasteiger partial charge is 0.339 e. The van der Waals surface area contributed by atoms with Gasteiger partial charge in [0.05, 0.1) is 17.0 Å². The molecule has 7 nitrogen and oxygen atoms in total. The normalized spacial score (nSPS) is 14.5. The third-order valence-corrected chi connectivity index (χ3v) is 7.32. The molecule has 2 N–H and O–H groups in total. The molecule has 41 heavy (non-hydrogen) atoms.